The minimum atomic E-state index is -0.0842. The molecule has 2 nitrogen and oxygen atoms in total. The van der Waals surface area contributed by atoms with Gasteiger partial charge in [0.25, 0.3) is 0 Å². The zero-order chi connectivity index (χ0) is 9.68. The molecule has 1 heterocycles. The van der Waals surface area contributed by atoms with Gasteiger partial charge in [-0.05, 0) is 39.0 Å². The second-order valence-corrected chi connectivity index (χ2v) is 4.33. The van der Waals surface area contributed by atoms with Gasteiger partial charge in [-0.15, -0.1) is 0 Å². The van der Waals surface area contributed by atoms with E-state index in [1.807, 2.05) is 6.92 Å². The second kappa shape index (κ2) is 5.61. The van der Waals surface area contributed by atoms with Gasteiger partial charge >= 0.3 is 0 Å². The Bertz CT molecular complexity index is 138. The Balaban J connectivity index is 2.13. The SMILES string of the molecule is CCC(O)CC[C@@H]1CCC[C@H](C)N1. The Kier molecular flexibility index (Phi) is 4.74. The first kappa shape index (κ1) is 11.0. The first-order chi connectivity index (χ1) is 6.22. The van der Waals surface area contributed by atoms with Crippen molar-refractivity contribution in [2.45, 2.75) is 70.6 Å². The van der Waals surface area contributed by atoms with E-state index in [9.17, 15) is 5.11 Å². The summed E-state index contributed by atoms with van der Waals surface area (Å²) in [6.45, 7) is 4.30. The maximum Gasteiger partial charge on any atom is 0.0538 e. The topological polar surface area (TPSA) is 32.3 Å². The molecule has 0 aromatic heterocycles. The molecule has 13 heavy (non-hydrogen) atoms. The molecule has 0 radical (unpaired) electrons. The second-order valence-electron chi connectivity index (χ2n) is 4.33. The van der Waals surface area contributed by atoms with Crippen molar-refractivity contribution >= 4 is 0 Å². The Morgan fingerprint density at radius 3 is 2.85 bits per heavy atom. The van der Waals surface area contributed by atoms with E-state index in [2.05, 4.69) is 12.2 Å². The minimum Gasteiger partial charge on any atom is -0.393 e. The van der Waals surface area contributed by atoms with Crippen LogP contribution in [0.4, 0.5) is 0 Å². The highest BCUT2D eigenvalue weighted by Crippen LogP contribution is 2.17. The Morgan fingerprint density at radius 1 is 1.46 bits per heavy atom. The Hall–Kier alpha value is -0.0800. The third-order valence-electron chi connectivity index (χ3n) is 3.03. The van der Waals surface area contributed by atoms with Gasteiger partial charge in [0.05, 0.1) is 6.10 Å². The predicted molar refractivity (Wildman–Crippen MR) is 55.8 cm³/mol. The molecule has 1 fully saturated rings. The molecule has 1 saturated heterocycles. The predicted octanol–water partition coefficient (Wildman–Crippen LogP) is 2.07. The average Bonchev–Trinajstić information content (AvgIpc) is 2.14. The highest BCUT2D eigenvalue weighted by molar-refractivity contribution is 4.78. The van der Waals surface area contributed by atoms with Crippen molar-refractivity contribution in [1.82, 2.24) is 5.32 Å². The first-order valence-electron chi connectivity index (χ1n) is 5.66. The van der Waals surface area contributed by atoms with Crippen LogP contribution in [0.3, 0.4) is 0 Å². The van der Waals surface area contributed by atoms with Gasteiger partial charge in [-0.25, -0.2) is 0 Å². The van der Waals surface area contributed by atoms with Crippen LogP contribution in [0.15, 0.2) is 0 Å². The lowest BCUT2D eigenvalue weighted by Gasteiger charge is -2.29. The number of hydrogen-bond acceptors (Lipinski definition) is 2. The van der Waals surface area contributed by atoms with Crippen LogP contribution in [0.5, 0.6) is 0 Å². The van der Waals surface area contributed by atoms with E-state index in [0.29, 0.717) is 12.1 Å². The van der Waals surface area contributed by atoms with E-state index in [1.165, 1.54) is 19.3 Å². The summed E-state index contributed by atoms with van der Waals surface area (Å²) in [7, 11) is 0. The molecule has 1 aliphatic rings. The summed E-state index contributed by atoms with van der Waals surface area (Å²) >= 11 is 0. The molecule has 1 unspecified atom stereocenters. The number of piperidine rings is 1. The zero-order valence-corrected chi connectivity index (χ0v) is 8.92. The van der Waals surface area contributed by atoms with Crippen molar-refractivity contribution in [3.63, 3.8) is 0 Å². The molecular formula is C11H23NO. The molecule has 78 valence electrons. The summed E-state index contributed by atoms with van der Waals surface area (Å²) in [6, 6.07) is 1.34. The van der Waals surface area contributed by atoms with Crippen LogP contribution in [-0.4, -0.2) is 23.3 Å². The van der Waals surface area contributed by atoms with Gasteiger partial charge in [-0.1, -0.05) is 13.3 Å². The summed E-state index contributed by atoms with van der Waals surface area (Å²) < 4.78 is 0. The van der Waals surface area contributed by atoms with Crippen molar-refractivity contribution in [3.8, 4) is 0 Å². The van der Waals surface area contributed by atoms with E-state index in [-0.39, 0.29) is 6.10 Å². The highest BCUT2D eigenvalue weighted by Gasteiger charge is 2.17. The lowest BCUT2D eigenvalue weighted by Crippen LogP contribution is -2.40. The number of aliphatic hydroxyl groups is 1. The van der Waals surface area contributed by atoms with E-state index >= 15 is 0 Å². The molecule has 0 aliphatic carbocycles. The molecule has 1 aliphatic heterocycles. The first-order valence-corrected chi connectivity index (χ1v) is 5.66. The fraction of sp³-hybridized carbons (Fsp3) is 1.00. The number of rotatable bonds is 4. The van der Waals surface area contributed by atoms with Gasteiger partial charge in [-0.2, -0.15) is 0 Å². The van der Waals surface area contributed by atoms with Crippen LogP contribution in [0.25, 0.3) is 0 Å². The summed E-state index contributed by atoms with van der Waals surface area (Å²) in [5.74, 6) is 0. The number of hydrogen-bond donors (Lipinski definition) is 2. The van der Waals surface area contributed by atoms with Crippen molar-refractivity contribution < 1.29 is 5.11 Å². The van der Waals surface area contributed by atoms with Crippen LogP contribution in [0.1, 0.15) is 52.4 Å². The van der Waals surface area contributed by atoms with E-state index < -0.39 is 0 Å². The monoisotopic (exact) mass is 185 g/mol. The normalized spacial score (nSPS) is 31.6. The minimum absolute atomic E-state index is 0.0842. The lowest BCUT2D eigenvalue weighted by molar-refractivity contribution is 0.148. The molecule has 3 atom stereocenters. The number of nitrogens with one attached hydrogen (secondary N) is 1. The van der Waals surface area contributed by atoms with Crippen LogP contribution in [0.2, 0.25) is 0 Å². The van der Waals surface area contributed by atoms with E-state index in [4.69, 9.17) is 0 Å². The van der Waals surface area contributed by atoms with E-state index in [1.54, 1.807) is 0 Å². The van der Waals surface area contributed by atoms with Gasteiger partial charge in [0, 0.05) is 12.1 Å². The molecule has 0 amide bonds. The van der Waals surface area contributed by atoms with Crippen LogP contribution >= 0.6 is 0 Å². The van der Waals surface area contributed by atoms with Crippen LogP contribution in [0, 0.1) is 0 Å². The van der Waals surface area contributed by atoms with Gasteiger partial charge in [0.1, 0.15) is 0 Å². The maximum absolute atomic E-state index is 9.43. The number of aliphatic hydroxyl groups excluding tert-OH is 1. The molecule has 0 saturated carbocycles. The summed E-state index contributed by atoms with van der Waals surface area (Å²) in [5.41, 5.74) is 0. The molecular weight excluding hydrogens is 162 g/mol. The zero-order valence-electron chi connectivity index (χ0n) is 8.92. The largest absolute Gasteiger partial charge is 0.393 e. The van der Waals surface area contributed by atoms with Gasteiger partial charge in [-0.3, -0.25) is 0 Å². The van der Waals surface area contributed by atoms with Gasteiger partial charge in [0.2, 0.25) is 0 Å². The lowest BCUT2D eigenvalue weighted by atomic mass is 9.95. The summed E-state index contributed by atoms with van der Waals surface area (Å²) in [4.78, 5) is 0. The van der Waals surface area contributed by atoms with Crippen LogP contribution < -0.4 is 5.32 Å². The molecule has 0 aromatic rings. The third-order valence-corrected chi connectivity index (χ3v) is 3.03. The third kappa shape index (κ3) is 4.10. The highest BCUT2D eigenvalue weighted by atomic mass is 16.3. The molecule has 0 spiro atoms. The van der Waals surface area contributed by atoms with Gasteiger partial charge in [0.15, 0.2) is 0 Å². The average molecular weight is 185 g/mol. The van der Waals surface area contributed by atoms with E-state index in [0.717, 1.165) is 19.3 Å². The summed E-state index contributed by atoms with van der Waals surface area (Å²) in [6.07, 6.45) is 6.86. The maximum atomic E-state index is 9.43. The molecule has 0 aromatic carbocycles. The molecule has 2 N–H and O–H groups in total. The van der Waals surface area contributed by atoms with Gasteiger partial charge < -0.3 is 10.4 Å². The van der Waals surface area contributed by atoms with Crippen molar-refractivity contribution in [1.29, 1.82) is 0 Å². The fourth-order valence-corrected chi connectivity index (χ4v) is 2.06. The fourth-order valence-electron chi connectivity index (χ4n) is 2.06. The van der Waals surface area contributed by atoms with Crippen molar-refractivity contribution in [3.05, 3.63) is 0 Å². The smallest absolute Gasteiger partial charge is 0.0538 e. The molecule has 1 rings (SSSR count). The summed E-state index contributed by atoms with van der Waals surface area (Å²) in [5, 5.41) is 13.0. The standard InChI is InChI=1S/C11H23NO/c1-3-11(13)8-7-10-6-4-5-9(2)12-10/h9-13H,3-8H2,1-2H3/t9-,10-,11?/m0/s1. The molecule has 0 bridgehead atoms. The van der Waals surface area contributed by atoms with Crippen LogP contribution in [-0.2, 0) is 0 Å². The molecule has 2 heteroatoms. The Labute approximate surface area is 81.7 Å². The Morgan fingerprint density at radius 2 is 2.23 bits per heavy atom. The van der Waals surface area contributed by atoms with Crippen molar-refractivity contribution in [2.24, 2.45) is 0 Å². The quantitative estimate of drug-likeness (QED) is 0.702. The van der Waals surface area contributed by atoms with Crippen molar-refractivity contribution in [2.75, 3.05) is 0 Å².